The number of hydrogen-bond acceptors (Lipinski definition) is 4. The number of amides is 1. The summed E-state index contributed by atoms with van der Waals surface area (Å²) in [5, 5.41) is 7.78. The van der Waals surface area contributed by atoms with Crippen LogP contribution >= 0.6 is 11.6 Å². The number of carbonyl (C=O) groups is 1. The first-order valence-electron chi connectivity index (χ1n) is 10.4. The number of benzene rings is 2. The van der Waals surface area contributed by atoms with Gasteiger partial charge in [-0.1, -0.05) is 65.7 Å². The highest BCUT2D eigenvalue weighted by Crippen LogP contribution is 2.22. The van der Waals surface area contributed by atoms with Gasteiger partial charge in [-0.25, -0.2) is 17.8 Å². The Kier molecular flexibility index (Phi) is 8.07. The molecule has 0 spiro atoms. The van der Waals surface area contributed by atoms with Crippen molar-refractivity contribution in [3.8, 4) is 0 Å². The maximum Gasteiger partial charge on any atom is 0.244 e. The van der Waals surface area contributed by atoms with Crippen molar-refractivity contribution in [2.45, 2.75) is 32.7 Å². The van der Waals surface area contributed by atoms with Crippen LogP contribution in [0.25, 0.3) is 6.08 Å². The second kappa shape index (κ2) is 10.8. The average molecular weight is 487 g/mol. The molecule has 174 valence electrons. The zero-order valence-electron chi connectivity index (χ0n) is 18.8. The van der Waals surface area contributed by atoms with Crippen LogP contribution in [0.4, 0.5) is 0 Å². The number of aryl methyl sites for hydroxylation is 2. The Morgan fingerprint density at radius 1 is 1.03 bits per heavy atom. The number of hydrogen-bond donors (Lipinski definition) is 2. The fourth-order valence-electron chi connectivity index (χ4n) is 3.18. The Morgan fingerprint density at radius 3 is 2.27 bits per heavy atom. The Morgan fingerprint density at radius 2 is 1.64 bits per heavy atom. The Bertz CT molecular complexity index is 1250. The van der Waals surface area contributed by atoms with Crippen LogP contribution in [-0.4, -0.2) is 31.2 Å². The molecule has 0 saturated carbocycles. The van der Waals surface area contributed by atoms with Gasteiger partial charge in [-0.05, 0) is 43.7 Å². The number of aromatic nitrogens is 2. The van der Waals surface area contributed by atoms with E-state index in [-0.39, 0.29) is 11.7 Å². The highest BCUT2D eigenvalue weighted by Gasteiger charge is 2.12. The number of sulfonamides is 1. The molecule has 7 nitrogen and oxygen atoms in total. The molecule has 3 rings (SSSR count). The molecule has 1 amide bonds. The fraction of sp³-hybridized carbons (Fsp3) is 0.250. The molecule has 0 atom stereocenters. The summed E-state index contributed by atoms with van der Waals surface area (Å²) >= 11 is 6.51. The lowest BCUT2D eigenvalue weighted by Crippen LogP contribution is -2.21. The van der Waals surface area contributed by atoms with Crippen LogP contribution in [0.2, 0.25) is 5.15 Å². The molecule has 2 aromatic carbocycles. The molecule has 0 radical (unpaired) electrons. The molecule has 33 heavy (non-hydrogen) atoms. The first-order valence-corrected chi connectivity index (χ1v) is 12.4. The van der Waals surface area contributed by atoms with Gasteiger partial charge in [0.25, 0.3) is 0 Å². The van der Waals surface area contributed by atoms with E-state index >= 15 is 0 Å². The molecular formula is C24H27ClN4O3S. The van der Waals surface area contributed by atoms with Crippen molar-refractivity contribution in [2.24, 2.45) is 0 Å². The van der Waals surface area contributed by atoms with Crippen LogP contribution in [0.15, 0.2) is 54.6 Å². The van der Waals surface area contributed by atoms with E-state index < -0.39 is 10.0 Å². The molecule has 9 heteroatoms. The molecule has 0 aliphatic carbocycles. The zero-order chi connectivity index (χ0) is 24.0. The van der Waals surface area contributed by atoms with Crippen molar-refractivity contribution < 1.29 is 13.2 Å². The van der Waals surface area contributed by atoms with Gasteiger partial charge in [-0.15, -0.1) is 0 Å². The summed E-state index contributed by atoms with van der Waals surface area (Å²) in [5.74, 6) is -0.352. The van der Waals surface area contributed by atoms with Crippen molar-refractivity contribution in [3.05, 3.63) is 93.3 Å². The summed E-state index contributed by atoms with van der Waals surface area (Å²) in [5.41, 5.74) is 5.26. The third-order valence-electron chi connectivity index (χ3n) is 5.12. The highest BCUT2D eigenvalue weighted by atomic mass is 35.5. The molecule has 1 heterocycles. The fourth-order valence-corrected chi connectivity index (χ4v) is 4.25. The lowest BCUT2D eigenvalue weighted by Gasteiger charge is -2.06. The summed E-state index contributed by atoms with van der Waals surface area (Å²) in [4.78, 5) is 12.3. The van der Waals surface area contributed by atoms with Gasteiger partial charge in [-0.3, -0.25) is 4.79 Å². The van der Waals surface area contributed by atoms with Crippen molar-refractivity contribution in [1.29, 1.82) is 0 Å². The summed E-state index contributed by atoms with van der Waals surface area (Å²) in [6, 6.07) is 15.2. The molecule has 0 aliphatic heterocycles. The van der Waals surface area contributed by atoms with Crippen LogP contribution in [0.3, 0.4) is 0 Å². The van der Waals surface area contributed by atoms with Crippen LogP contribution in [0, 0.1) is 13.8 Å². The Labute approximate surface area is 199 Å². The number of nitrogens with one attached hydrogen (secondary N) is 2. The molecule has 3 aromatic rings. The monoisotopic (exact) mass is 486 g/mol. The number of rotatable bonds is 9. The number of halogens is 1. The Balaban J connectivity index is 1.58. The first kappa shape index (κ1) is 24.7. The van der Waals surface area contributed by atoms with Gasteiger partial charge in [0.2, 0.25) is 15.9 Å². The van der Waals surface area contributed by atoms with Crippen LogP contribution in [-0.2, 0) is 33.7 Å². The average Bonchev–Trinajstić information content (AvgIpc) is 3.05. The maximum absolute atomic E-state index is 12.3. The summed E-state index contributed by atoms with van der Waals surface area (Å²) in [6.45, 7) is 4.76. The third kappa shape index (κ3) is 7.02. The minimum Gasteiger partial charge on any atom is -0.348 e. The van der Waals surface area contributed by atoms with Gasteiger partial charge in [0.15, 0.2) is 0 Å². The normalized spacial score (nSPS) is 11.8. The van der Waals surface area contributed by atoms with Gasteiger partial charge in [0.05, 0.1) is 18.0 Å². The minimum atomic E-state index is -3.32. The summed E-state index contributed by atoms with van der Waals surface area (Å²) < 4.78 is 27.2. The zero-order valence-corrected chi connectivity index (χ0v) is 20.4. The highest BCUT2D eigenvalue weighted by molar-refractivity contribution is 7.88. The SMILES string of the molecule is CNS(=O)(=O)Cc1ccc(CNC(=O)/C=C/c2c(C)nn(Cc3ccc(C)cc3)c2Cl)cc1. The van der Waals surface area contributed by atoms with E-state index in [0.717, 1.165) is 16.8 Å². The molecule has 0 aliphatic rings. The van der Waals surface area contributed by atoms with Crippen LogP contribution in [0.5, 0.6) is 0 Å². The molecule has 1 aromatic heterocycles. The smallest absolute Gasteiger partial charge is 0.244 e. The molecule has 0 unspecified atom stereocenters. The van der Waals surface area contributed by atoms with E-state index in [4.69, 9.17) is 11.6 Å². The van der Waals surface area contributed by atoms with E-state index in [0.29, 0.717) is 29.4 Å². The quantitative estimate of drug-likeness (QED) is 0.452. The Hall–Kier alpha value is -2.94. The predicted octanol–water partition coefficient (Wildman–Crippen LogP) is 3.58. The van der Waals surface area contributed by atoms with E-state index in [1.807, 2.05) is 38.1 Å². The van der Waals surface area contributed by atoms with Crippen LogP contribution < -0.4 is 10.0 Å². The van der Waals surface area contributed by atoms with E-state index in [9.17, 15) is 13.2 Å². The maximum atomic E-state index is 12.3. The van der Waals surface area contributed by atoms with Gasteiger partial charge >= 0.3 is 0 Å². The van der Waals surface area contributed by atoms with Crippen molar-refractivity contribution in [3.63, 3.8) is 0 Å². The third-order valence-corrected chi connectivity index (χ3v) is 6.86. The molecule has 2 N–H and O–H groups in total. The molecule has 0 saturated heterocycles. The van der Waals surface area contributed by atoms with Gasteiger partial charge < -0.3 is 5.32 Å². The van der Waals surface area contributed by atoms with Crippen molar-refractivity contribution in [1.82, 2.24) is 19.8 Å². The lowest BCUT2D eigenvalue weighted by molar-refractivity contribution is -0.116. The largest absolute Gasteiger partial charge is 0.348 e. The van der Waals surface area contributed by atoms with Crippen LogP contribution in [0.1, 0.15) is 33.5 Å². The van der Waals surface area contributed by atoms with Crippen molar-refractivity contribution >= 4 is 33.6 Å². The number of nitrogens with zero attached hydrogens (tertiary/aromatic N) is 2. The van der Waals surface area contributed by atoms with Gasteiger partial charge in [0.1, 0.15) is 5.15 Å². The second-order valence-corrected chi connectivity index (χ2v) is 10.0. The lowest BCUT2D eigenvalue weighted by atomic mass is 10.1. The van der Waals surface area contributed by atoms with Gasteiger partial charge in [-0.2, -0.15) is 5.10 Å². The standard InChI is InChI=1S/C24H27ClN4O3S/c1-17-4-6-20(7-5-17)15-29-24(25)22(18(2)28-29)12-13-23(30)27-14-19-8-10-21(11-9-19)16-33(31,32)26-3/h4-13,26H,14-16H2,1-3H3,(H,27,30)/b13-12+. The van der Waals surface area contributed by atoms with E-state index in [1.165, 1.54) is 18.7 Å². The second-order valence-electron chi connectivity index (χ2n) is 7.76. The molecule has 0 bridgehead atoms. The number of carbonyl (C=O) groups excluding carboxylic acids is 1. The minimum absolute atomic E-state index is 0.0867. The topological polar surface area (TPSA) is 93.1 Å². The van der Waals surface area contributed by atoms with Gasteiger partial charge in [0, 0.05) is 18.2 Å². The summed E-state index contributed by atoms with van der Waals surface area (Å²) in [7, 11) is -1.93. The van der Waals surface area contributed by atoms with E-state index in [1.54, 1.807) is 35.0 Å². The van der Waals surface area contributed by atoms with E-state index in [2.05, 4.69) is 15.1 Å². The summed E-state index contributed by atoms with van der Waals surface area (Å²) in [6.07, 6.45) is 3.09. The predicted molar refractivity (Wildman–Crippen MR) is 131 cm³/mol. The molecule has 0 fully saturated rings. The molecular weight excluding hydrogens is 460 g/mol. The van der Waals surface area contributed by atoms with Crippen molar-refractivity contribution in [2.75, 3.05) is 7.05 Å². The first-order chi connectivity index (χ1) is 15.7.